The number of nitrogens with zero attached hydrogens (tertiary/aromatic N) is 1. The largest absolute Gasteiger partial charge is 0.497 e. The van der Waals surface area contributed by atoms with Crippen molar-refractivity contribution in [2.45, 2.75) is 17.7 Å². The molecule has 0 aromatic heterocycles. The molecule has 1 unspecified atom stereocenters. The van der Waals surface area contributed by atoms with E-state index < -0.39 is 9.73 Å². The van der Waals surface area contributed by atoms with E-state index in [4.69, 9.17) is 9.52 Å². The molecule has 0 amide bonds. The van der Waals surface area contributed by atoms with Crippen molar-refractivity contribution in [2.75, 3.05) is 7.11 Å². The summed E-state index contributed by atoms with van der Waals surface area (Å²) in [6.07, 6.45) is 7.32. The van der Waals surface area contributed by atoms with E-state index in [1.807, 2.05) is 12.3 Å². The zero-order valence-corrected chi connectivity index (χ0v) is 11.5. The van der Waals surface area contributed by atoms with Crippen LogP contribution in [0.1, 0.15) is 12.8 Å². The van der Waals surface area contributed by atoms with Crippen LogP contribution in [-0.2, 0) is 9.73 Å². The Morgan fingerprint density at radius 1 is 1.32 bits per heavy atom. The van der Waals surface area contributed by atoms with Gasteiger partial charge in [-0.25, -0.2) is 8.99 Å². The summed E-state index contributed by atoms with van der Waals surface area (Å²) in [6.45, 7) is 0. The highest BCUT2D eigenvalue weighted by molar-refractivity contribution is 7.95. The van der Waals surface area contributed by atoms with Gasteiger partial charge in [-0.15, -0.1) is 0 Å². The average molecular weight is 276 g/mol. The summed E-state index contributed by atoms with van der Waals surface area (Å²) >= 11 is 0. The third-order valence-electron chi connectivity index (χ3n) is 2.73. The monoisotopic (exact) mass is 276 g/mol. The van der Waals surface area contributed by atoms with E-state index in [1.165, 1.54) is 5.41 Å². The fraction of sp³-hybridized carbons (Fsp3) is 0.214. The Morgan fingerprint density at radius 3 is 2.63 bits per heavy atom. The molecule has 2 rings (SSSR count). The van der Waals surface area contributed by atoms with Crippen molar-refractivity contribution in [1.82, 2.24) is 0 Å². The molecule has 1 N–H and O–H groups in total. The van der Waals surface area contributed by atoms with E-state index in [-0.39, 0.29) is 0 Å². The lowest BCUT2D eigenvalue weighted by atomic mass is 10.2. The predicted molar refractivity (Wildman–Crippen MR) is 77.1 cm³/mol. The van der Waals surface area contributed by atoms with Crippen LogP contribution in [0.4, 0.5) is 0 Å². The number of methoxy groups -OCH3 is 1. The number of ether oxygens (including phenoxy) is 1. The van der Waals surface area contributed by atoms with E-state index in [1.54, 1.807) is 37.5 Å². The average Bonchev–Trinajstić information content (AvgIpc) is 2.46. The molecular formula is C14H16N2O2S. The Labute approximate surface area is 113 Å². The topological polar surface area (TPSA) is 62.5 Å². The van der Waals surface area contributed by atoms with Gasteiger partial charge >= 0.3 is 0 Å². The molecule has 4 nitrogen and oxygen atoms in total. The number of benzene rings is 1. The van der Waals surface area contributed by atoms with Crippen molar-refractivity contribution in [3.8, 4) is 5.75 Å². The van der Waals surface area contributed by atoms with Crippen LogP contribution in [0.3, 0.4) is 0 Å². The highest BCUT2D eigenvalue weighted by atomic mass is 32.2. The summed E-state index contributed by atoms with van der Waals surface area (Å²) < 4.78 is 25.3. The minimum atomic E-state index is -2.94. The lowest BCUT2D eigenvalue weighted by Crippen LogP contribution is -1.95. The van der Waals surface area contributed by atoms with Gasteiger partial charge in [-0.2, -0.15) is 0 Å². The molecule has 0 spiro atoms. The Hall–Kier alpha value is -1.88. The second-order valence-electron chi connectivity index (χ2n) is 4.10. The molecule has 19 heavy (non-hydrogen) atoms. The molecule has 0 saturated carbocycles. The van der Waals surface area contributed by atoms with Gasteiger partial charge in [0.2, 0.25) is 0 Å². The van der Waals surface area contributed by atoms with Crippen LogP contribution < -0.4 is 4.74 Å². The Bertz CT molecular complexity index is 626. The smallest absolute Gasteiger partial charge is 0.118 e. The van der Waals surface area contributed by atoms with E-state index in [9.17, 15) is 4.21 Å². The molecule has 0 aliphatic carbocycles. The summed E-state index contributed by atoms with van der Waals surface area (Å²) in [5, 5.41) is 1.41. The van der Waals surface area contributed by atoms with Crippen molar-refractivity contribution in [3.05, 3.63) is 47.5 Å². The summed E-state index contributed by atoms with van der Waals surface area (Å²) in [4.78, 5) is 4.64. The number of hydrogen-bond acceptors (Lipinski definition) is 4. The van der Waals surface area contributed by atoms with Gasteiger partial charge in [0.25, 0.3) is 0 Å². The van der Waals surface area contributed by atoms with Gasteiger partial charge in [0, 0.05) is 11.6 Å². The normalized spacial score (nSPS) is 18.1. The molecular weight excluding hydrogens is 260 g/mol. The maximum absolute atomic E-state index is 12.3. The van der Waals surface area contributed by atoms with Crippen LogP contribution in [0.5, 0.6) is 5.75 Å². The highest BCUT2D eigenvalue weighted by Gasteiger charge is 2.06. The lowest BCUT2D eigenvalue weighted by Gasteiger charge is -2.05. The Kier molecular flexibility index (Phi) is 4.16. The van der Waals surface area contributed by atoms with Crippen molar-refractivity contribution in [1.29, 1.82) is 4.78 Å². The van der Waals surface area contributed by atoms with Crippen LogP contribution in [-0.4, -0.2) is 17.5 Å². The van der Waals surface area contributed by atoms with E-state index in [2.05, 4.69) is 4.99 Å². The maximum atomic E-state index is 12.3. The first kappa shape index (κ1) is 13.5. The SMILES string of the molecule is COc1ccc(S(=N)(=O)/C=C/C2=CCCC=N2)cc1. The summed E-state index contributed by atoms with van der Waals surface area (Å²) in [5.41, 5.74) is 0.764. The van der Waals surface area contributed by atoms with Crippen molar-refractivity contribution < 1.29 is 8.95 Å². The second kappa shape index (κ2) is 5.84. The first-order chi connectivity index (χ1) is 9.12. The zero-order chi connectivity index (χ0) is 13.7. The van der Waals surface area contributed by atoms with Gasteiger partial charge in [-0.3, -0.25) is 4.99 Å². The fourth-order valence-corrected chi connectivity index (χ4v) is 2.69. The van der Waals surface area contributed by atoms with Crippen LogP contribution in [0.25, 0.3) is 0 Å². The molecule has 1 aromatic rings. The third kappa shape index (κ3) is 3.54. The highest BCUT2D eigenvalue weighted by Crippen LogP contribution is 2.19. The second-order valence-corrected chi connectivity index (χ2v) is 6.04. The maximum Gasteiger partial charge on any atom is 0.118 e. The van der Waals surface area contributed by atoms with Gasteiger partial charge in [0.05, 0.1) is 27.4 Å². The molecule has 100 valence electrons. The molecule has 0 radical (unpaired) electrons. The summed E-state index contributed by atoms with van der Waals surface area (Å²) in [6, 6.07) is 6.71. The van der Waals surface area contributed by atoms with Crippen molar-refractivity contribution >= 4 is 15.9 Å². The number of nitrogens with one attached hydrogen (secondary N) is 1. The number of hydrogen-bond donors (Lipinski definition) is 1. The molecule has 1 aliphatic heterocycles. The molecule has 1 aliphatic rings. The quantitative estimate of drug-likeness (QED) is 0.916. The summed E-state index contributed by atoms with van der Waals surface area (Å²) in [7, 11) is -1.37. The van der Waals surface area contributed by atoms with Gasteiger partial charge in [-0.1, -0.05) is 6.08 Å². The Morgan fingerprint density at radius 2 is 2.05 bits per heavy atom. The van der Waals surface area contributed by atoms with Crippen LogP contribution in [0.2, 0.25) is 0 Å². The van der Waals surface area contributed by atoms with E-state index in [0.29, 0.717) is 10.6 Å². The molecule has 1 aromatic carbocycles. The molecule has 1 heterocycles. The van der Waals surface area contributed by atoms with Gasteiger partial charge in [0.1, 0.15) is 5.75 Å². The molecule has 0 saturated heterocycles. The first-order valence-corrected chi connectivity index (χ1v) is 7.57. The van der Waals surface area contributed by atoms with Crippen LogP contribution in [0, 0.1) is 4.78 Å². The number of rotatable bonds is 4. The Balaban J connectivity index is 2.19. The number of allylic oxidation sites excluding steroid dienone is 2. The van der Waals surface area contributed by atoms with Gasteiger partial charge in [0.15, 0.2) is 0 Å². The van der Waals surface area contributed by atoms with Gasteiger partial charge in [-0.05, 0) is 43.2 Å². The van der Waals surface area contributed by atoms with Crippen molar-refractivity contribution in [2.24, 2.45) is 4.99 Å². The third-order valence-corrected chi connectivity index (χ3v) is 4.22. The van der Waals surface area contributed by atoms with E-state index >= 15 is 0 Å². The van der Waals surface area contributed by atoms with Crippen LogP contribution >= 0.6 is 0 Å². The summed E-state index contributed by atoms with van der Waals surface area (Å²) in [5.74, 6) is 0.683. The number of aliphatic imine (C=N–C) groups is 1. The lowest BCUT2D eigenvalue weighted by molar-refractivity contribution is 0.414. The minimum absolute atomic E-state index is 0.463. The molecule has 1 atom stereocenters. The first-order valence-electron chi connectivity index (χ1n) is 5.95. The molecule has 0 bridgehead atoms. The molecule has 5 heteroatoms. The zero-order valence-electron chi connectivity index (χ0n) is 10.7. The predicted octanol–water partition coefficient (Wildman–Crippen LogP) is 3.36. The standard InChI is InChI=1S/C14H16N2O2S/c1-18-13-5-7-14(8-6-13)19(15,17)11-9-12-4-2-3-10-16-12/h4-11,15H,2-3H2,1H3/b11-9+. The van der Waals surface area contributed by atoms with Crippen molar-refractivity contribution in [3.63, 3.8) is 0 Å². The van der Waals surface area contributed by atoms with E-state index in [0.717, 1.165) is 18.5 Å². The van der Waals surface area contributed by atoms with Crippen LogP contribution in [0.15, 0.2) is 57.4 Å². The minimum Gasteiger partial charge on any atom is -0.497 e. The fourth-order valence-electron chi connectivity index (χ4n) is 1.66. The molecule has 0 fully saturated rings. The van der Waals surface area contributed by atoms with Gasteiger partial charge < -0.3 is 4.74 Å².